The van der Waals surface area contributed by atoms with Gasteiger partial charge in [-0.2, -0.15) is 0 Å². The number of nitrogens with two attached hydrogens (primary N) is 1. The average Bonchev–Trinajstić information content (AvgIpc) is 2.73. The first-order valence-corrected chi connectivity index (χ1v) is 10.1. The quantitative estimate of drug-likeness (QED) is 0.488. The first-order valence-electron chi connectivity index (χ1n) is 10.1. The highest BCUT2D eigenvalue weighted by molar-refractivity contribution is 5.92. The van der Waals surface area contributed by atoms with Crippen molar-refractivity contribution in [2.75, 3.05) is 44.3 Å². The van der Waals surface area contributed by atoms with Crippen LogP contribution in [0.15, 0.2) is 23.2 Å². The molecule has 0 unspecified atom stereocenters. The largest absolute Gasteiger partial charge is 0.465 e. The van der Waals surface area contributed by atoms with Crippen molar-refractivity contribution in [1.82, 2.24) is 10.2 Å². The second kappa shape index (κ2) is 10.2. The number of nitrogens with zero attached hydrogens (tertiary/aromatic N) is 3. The van der Waals surface area contributed by atoms with Crippen molar-refractivity contribution in [2.45, 2.75) is 25.8 Å². The molecule has 30 heavy (non-hydrogen) atoms. The van der Waals surface area contributed by atoms with Gasteiger partial charge in [-0.25, -0.2) is 14.2 Å². The summed E-state index contributed by atoms with van der Waals surface area (Å²) in [7, 11) is 0. The third-order valence-electron chi connectivity index (χ3n) is 5.49. The van der Waals surface area contributed by atoms with Crippen LogP contribution in [0.25, 0.3) is 0 Å². The van der Waals surface area contributed by atoms with E-state index in [-0.39, 0.29) is 18.4 Å². The summed E-state index contributed by atoms with van der Waals surface area (Å²) in [5, 5.41) is 10.5. The Kier molecular flexibility index (Phi) is 7.45. The molecule has 2 amide bonds. The maximum atomic E-state index is 15.0. The molecular weight excluding hydrogens is 393 g/mol. The fourth-order valence-electron chi connectivity index (χ4n) is 3.78. The standard InChI is InChI=1S/C20H28FN5O4/c21-18-15(13-23-19(22)24-20(28)29)2-1-3-16(18)25-6-8-26(9-7-25)17(27)12-14-4-10-30-11-5-14/h1-3,14H,4-13H2,(H,28,29)(H3,22,23,24). The third kappa shape index (κ3) is 5.82. The predicted octanol–water partition coefficient (Wildman–Crippen LogP) is 1.37. The summed E-state index contributed by atoms with van der Waals surface area (Å²) >= 11 is 0. The topological polar surface area (TPSA) is 120 Å². The lowest BCUT2D eigenvalue weighted by Crippen LogP contribution is -2.49. The van der Waals surface area contributed by atoms with Gasteiger partial charge in [-0.3, -0.25) is 10.1 Å². The summed E-state index contributed by atoms with van der Waals surface area (Å²) < 4.78 is 20.3. The molecule has 2 aliphatic rings. The summed E-state index contributed by atoms with van der Waals surface area (Å²) in [6.45, 7) is 3.58. The molecule has 2 aliphatic heterocycles. The Morgan fingerprint density at radius 3 is 2.60 bits per heavy atom. The average molecular weight is 421 g/mol. The van der Waals surface area contributed by atoms with Gasteiger partial charge < -0.3 is 25.4 Å². The molecule has 9 nitrogen and oxygen atoms in total. The molecule has 2 fully saturated rings. The van der Waals surface area contributed by atoms with Crippen LogP contribution in [0.2, 0.25) is 0 Å². The fraction of sp³-hybridized carbons (Fsp3) is 0.550. The van der Waals surface area contributed by atoms with E-state index in [0.29, 0.717) is 49.8 Å². The zero-order valence-electron chi connectivity index (χ0n) is 16.8. The van der Waals surface area contributed by atoms with Gasteiger partial charge in [0.1, 0.15) is 0 Å². The molecule has 0 radical (unpaired) electrons. The lowest BCUT2D eigenvalue weighted by Gasteiger charge is -2.37. The van der Waals surface area contributed by atoms with Gasteiger partial charge in [0.05, 0.1) is 12.2 Å². The van der Waals surface area contributed by atoms with Gasteiger partial charge in [-0.05, 0) is 24.8 Å². The van der Waals surface area contributed by atoms with Crippen molar-refractivity contribution >= 4 is 23.6 Å². The van der Waals surface area contributed by atoms with Gasteiger partial charge in [0.25, 0.3) is 0 Å². The number of anilines is 1. The number of benzene rings is 1. The molecule has 0 aromatic heterocycles. The van der Waals surface area contributed by atoms with Crippen LogP contribution in [-0.2, 0) is 16.1 Å². The number of rotatable bonds is 5. The molecule has 10 heteroatoms. The molecule has 1 aromatic carbocycles. The van der Waals surface area contributed by atoms with Crippen molar-refractivity contribution in [1.29, 1.82) is 0 Å². The van der Waals surface area contributed by atoms with Crippen LogP contribution >= 0.6 is 0 Å². The minimum Gasteiger partial charge on any atom is -0.465 e. The Morgan fingerprint density at radius 2 is 1.93 bits per heavy atom. The Morgan fingerprint density at radius 1 is 1.23 bits per heavy atom. The maximum Gasteiger partial charge on any atom is 0.411 e. The lowest BCUT2D eigenvalue weighted by molar-refractivity contribution is -0.133. The predicted molar refractivity (Wildman–Crippen MR) is 110 cm³/mol. The van der Waals surface area contributed by atoms with E-state index in [9.17, 15) is 14.0 Å². The Labute approximate surface area is 174 Å². The highest BCUT2D eigenvalue weighted by Gasteiger charge is 2.26. The minimum absolute atomic E-state index is 0.0741. The Bertz CT molecular complexity index is 789. The number of aliphatic imine (C=N–C) groups is 1. The van der Waals surface area contributed by atoms with E-state index in [1.165, 1.54) is 0 Å². The van der Waals surface area contributed by atoms with E-state index in [4.69, 9.17) is 15.6 Å². The highest BCUT2D eigenvalue weighted by atomic mass is 19.1. The molecular formula is C20H28FN5O4. The van der Waals surface area contributed by atoms with E-state index in [2.05, 4.69) is 4.99 Å². The molecule has 2 saturated heterocycles. The third-order valence-corrected chi connectivity index (χ3v) is 5.49. The van der Waals surface area contributed by atoms with E-state index >= 15 is 0 Å². The summed E-state index contributed by atoms with van der Waals surface area (Å²) in [5.41, 5.74) is 6.21. The summed E-state index contributed by atoms with van der Waals surface area (Å²) in [4.78, 5) is 30.8. The highest BCUT2D eigenvalue weighted by Crippen LogP contribution is 2.25. The van der Waals surface area contributed by atoms with Gasteiger partial charge in [0.15, 0.2) is 11.8 Å². The number of carbonyl (C=O) groups is 2. The van der Waals surface area contributed by atoms with Crippen LogP contribution in [0.3, 0.4) is 0 Å². The molecule has 0 spiro atoms. The van der Waals surface area contributed by atoms with Crippen molar-refractivity contribution < 1.29 is 23.8 Å². The second-order valence-corrected chi connectivity index (χ2v) is 7.51. The molecule has 0 bridgehead atoms. The molecule has 0 aliphatic carbocycles. The molecule has 0 saturated carbocycles. The zero-order chi connectivity index (χ0) is 21.5. The number of carboxylic acid groups (broad SMARTS) is 1. The Hall–Kier alpha value is -2.88. The lowest BCUT2D eigenvalue weighted by atomic mass is 9.96. The van der Waals surface area contributed by atoms with E-state index in [1.807, 2.05) is 15.1 Å². The van der Waals surface area contributed by atoms with E-state index in [1.54, 1.807) is 18.2 Å². The zero-order valence-corrected chi connectivity index (χ0v) is 16.8. The summed E-state index contributed by atoms with van der Waals surface area (Å²) in [5.74, 6) is -0.149. The number of ether oxygens (including phenoxy) is 1. The van der Waals surface area contributed by atoms with Gasteiger partial charge in [-0.15, -0.1) is 0 Å². The van der Waals surface area contributed by atoms with Crippen molar-refractivity contribution in [2.24, 2.45) is 16.6 Å². The first-order chi connectivity index (χ1) is 14.4. The normalized spacial score (nSPS) is 18.4. The van der Waals surface area contributed by atoms with E-state index < -0.39 is 11.9 Å². The second-order valence-electron chi connectivity index (χ2n) is 7.51. The maximum absolute atomic E-state index is 15.0. The number of halogens is 1. The molecule has 2 heterocycles. The molecule has 3 rings (SSSR count). The van der Waals surface area contributed by atoms with Crippen molar-refractivity contribution in [3.8, 4) is 0 Å². The number of guanidine groups is 1. The number of carbonyl (C=O) groups excluding carboxylic acids is 1. The first kappa shape index (κ1) is 21.8. The summed E-state index contributed by atoms with van der Waals surface area (Å²) in [6.07, 6.45) is 1.09. The minimum atomic E-state index is -1.32. The summed E-state index contributed by atoms with van der Waals surface area (Å²) in [6, 6.07) is 5.01. The van der Waals surface area contributed by atoms with Gasteiger partial charge in [-0.1, -0.05) is 12.1 Å². The van der Waals surface area contributed by atoms with Crippen LogP contribution in [0.5, 0.6) is 0 Å². The number of hydrogen-bond donors (Lipinski definition) is 3. The fourth-order valence-corrected chi connectivity index (χ4v) is 3.78. The number of nitrogens with one attached hydrogen (secondary N) is 1. The monoisotopic (exact) mass is 421 g/mol. The van der Waals surface area contributed by atoms with E-state index in [0.717, 1.165) is 26.1 Å². The van der Waals surface area contributed by atoms with Crippen molar-refractivity contribution in [3.05, 3.63) is 29.6 Å². The van der Waals surface area contributed by atoms with Crippen LogP contribution in [0.1, 0.15) is 24.8 Å². The number of amides is 2. The van der Waals surface area contributed by atoms with Gasteiger partial charge in [0, 0.05) is 51.4 Å². The molecule has 1 aromatic rings. The molecule has 0 atom stereocenters. The Balaban J connectivity index is 1.56. The van der Waals surface area contributed by atoms with Crippen LogP contribution < -0.4 is 16.0 Å². The molecule has 4 N–H and O–H groups in total. The number of piperazine rings is 1. The SMILES string of the molecule is NC(=NCc1cccc(N2CCN(C(=O)CC3CCOCC3)CC2)c1F)NC(=O)O. The van der Waals surface area contributed by atoms with Crippen molar-refractivity contribution in [3.63, 3.8) is 0 Å². The van der Waals surface area contributed by atoms with Crippen LogP contribution in [0, 0.1) is 11.7 Å². The molecule has 164 valence electrons. The van der Waals surface area contributed by atoms with Gasteiger partial charge >= 0.3 is 6.09 Å². The number of hydrogen-bond acceptors (Lipinski definition) is 5. The van der Waals surface area contributed by atoms with Gasteiger partial charge in [0.2, 0.25) is 5.91 Å². The van der Waals surface area contributed by atoms with Crippen LogP contribution in [0.4, 0.5) is 14.9 Å². The smallest absolute Gasteiger partial charge is 0.411 e. The van der Waals surface area contributed by atoms with Crippen LogP contribution in [-0.4, -0.2) is 67.4 Å².